The van der Waals surface area contributed by atoms with Crippen LogP contribution in [0.4, 0.5) is 0 Å². The lowest BCUT2D eigenvalue weighted by atomic mass is 10.1. The third-order valence-corrected chi connectivity index (χ3v) is 5.19. The Hall–Kier alpha value is -1.35. The van der Waals surface area contributed by atoms with Gasteiger partial charge in [0.15, 0.2) is 0 Å². The van der Waals surface area contributed by atoms with Crippen LogP contribution in [0.2, 0.25) is 0 Å². The fourth-order valence-corrected chi connectivity index (χ4v) is 4.16. The van der Waals surface area contributed by atoms with Gasteiger partial charge in [-0.05, 0) is 30.2 Å². The molecule has 2 saturated heterocycles. The van der Waals surface area contributed by atoms with Gasteiger partial charge in [-0.2, -0.15) is 0 Å². The van der Waals surface area contributed by atoms with Crippen molar-refractivity contribution in [1.29, 1.82) is 0 Å². The smallest absolute Gasteiger partial charge is 0.222 e. The van der Waals surface area contributed by atoms with Crippen molar-refractivity contribution in [3.8, 4) is 0 Å². The molecule has 0 radical (unpaired) electrons. The van der Waals surface area contributed by atoms with E-state index in [9.17, 15) is 4.79 Å². The maximum atomic E-state index is 12.0. The highest BCUT2D eigenvalue weighted by molar-refractivity contribution is 5.77. The molecule has 20 heavy (non-hydrogen) atoms. The third-order valence-electron chi connectivity index (χ3n) is 5.19. The van der Waals surface area contributed by atoms with Gasteiger partial charge in [0.05, 0.1) is 0 Å². The molecule has 0 spiro atoms. The van der Waals surface area contributed by atoms with Crippen molar-refractivity contribution in [2.45, 2.75) is 31.8 Å². The number of piperidine rings is 2. The summed E-state index contributed by atoms with van der Waals surface area (Å²) in [7, 11) is 0. The van der Waals surface area contributed by atoms with Gasteiger partial charge in [-0.3, -0.25) is 9.69 Å². The molecular weight excluding hydrogens is 248 g/mol. The van der Waals surface area contributed by atoms with Crippen molar-refractivity contribution >= 4 is 5.91 Å². The normalized spacial score (nSPS) is 33.3. The molecule has 4 rings (SSSR count). The van der Waals surface area contributed by atoms with E-state index >= 15 is 0 Å². The fourth-order valence-electron chi connectivity index (χ4n) is 4.16. The van der Waals surface area contributed by atoms with Crippen LogP contribution in [0, 0.1) is 11.8 Å². The Bertz CT molecular complexity index is 489. The Kier molecular flexibility index (Phi) is 3.03. The van der Waals surface area contributed by atoms with Crippen molar-refractivity contribution in [1.82, 2.24) is 9.80 Å². The Balaban J connectivity index is 1.34. The molecule has 1 saturated carbocycles. The maximum Gasteiger partial charge on any atom is 0.222 e. The van der Waals surface area contributed by atoms with Crippen LogP contribution in [0.1, 0.15) is 24.8 Å². The SMILES string of the molecule is O=C1CCCCN1C1C2CN(Cc3ccccc3)CC21. The van der Waals surface area contributed by atoms with E-state index in [1.54, 1.807) is 0 Å². The molecule has 2 atom stereocenters. The average Bonchev–Trinajstić information content (AvgIpc) is 2.96. The van der Waals surface area contributed by atoms with E-state index in [4.69, 9.17) is 0 Å². The number of rotatable bonds is 3. The number of nitrogens with zero attached hydrogens (tertiary/aromatic N) is 2. The minimum absolute atomic E-state index is 0.408. The number of benzene rings is 1. The van der Waals surface area contributed by atoms with E-state index in [0.29, 0.717) is 11.9 Å². The molecule has 2 aliphatic heterocycles. The quantitative estimate of drug-likeness (QED) is 0.840. The molecule has 3 fully saturated rings. The average molecular weight is 270 g/mol. The Labute approximate surface area is 120 Å². The van der Waals surface area contributed by atoms with Gasteiger partial charge in [0.2, 0.25) is 5.91 Å². The first-order valence-corrected chi connectivity index (χ1v) is 7.89. The molecule has 0 N–H and O–H groups in total. The topological polar surface area (TPSA) is 23.6 Å². The van der Waals surface area contributed by atoms with Crippen LogP contribution in [0.5, 0.6) is 0 Å². The van der Waals surface area contributed by atoms with Gasteiger partial charge >= 0.3 is 0 Å². The lowest BCUT2D eigenvalue weighted by Crippen LogP contribution is -2.41. The molecular formula is C17H22N2O. The Morgan fingerprint density at radius 1 is 1.05 bits per heavy atom. The predicted molar refractivity (Wildman–Crippen MR) is 78.1 cm³/mol. The molecule has 106 valence electrons. The lowest BCUT2D eigenvalue weighted by molar-refractivity contribution is -0.134. The molecule has 1 aromatic carbocycles. The third kappa shape index (κ3) is 2.14. The summed E-state index contributed by atoms with van der Waals surface area (Å²) in [6, 6.07) is 11.3. The number of hydrogen-bond acceptors (Lipinski definition) is 2. The maximum absolute atomic E-state index is 12.0. The van der Waals surface area contributed by atoms with Crippen molar-refractivity contribution in [3.05, 3.63) is 35.9 Å². The zero-order chi connectivity index (χ0) is 13.5. The first-order valence-electron chi connectivity index (χ1n) is 7.89. The van der Waals surface area contributed by atoms with Crippen LogP contribution in [0.3, 0.4) is 0 Å². The summed E-state index contributed by atoms with van der Waals surface area (Å²) in [4.78, 5) is 16.7. The molecule has 3 heteroatoms. The summed E-state index contributed by atoms with van der Waals surface area (Å²) in [5, 5.41) is 0. The number of amides is 1. The zero-order valence-electron chi connectivity index (χ0n) is 11.9. The summed E-state index contributed by atoms with van der Waals surface area (Å²) < 4.78 is 0. The monoisotopic (exact) mass is 270 g/mol. The van der Waals surface area contributed by atoms with E-state index in [1.807, 2.05) is 0 Å². The number of carbonyl (C=O) groups excluding carboxylic acids is 1. The van der Waals surface area contributed by atoms with Gasteiger partial charge in [0.25, 0.3) is 0 Å². The second-order valence-electron chi connectivity index (χ2n) is 6.54. The minimum atomic E-state index is 0.408. The van der Waals surface area contributed by atoms with Gasteiger partial charge in [-0.1, -0.05) is 30.3 Å². The molecule has 2 unspecified atom stereocenters. The van der Waals surface area contributed by atoms with Crippen LogP contribution in [0.15, 0.2) is 30.3 Å². The van der Waals surface area contributed by atoms with Crippen LogP contribution in [0.25, 0.3) is 0 Å². The van der Waals surface area contributed by atoms with E-state index in [-0.39, 0.29) is 0 Å². The van der Waals surface area contributed by atoms with Crippen molar-refractivity contribution in [2.75, 3.05) is 19.6 Å². The van der Waals surface area contributed by atoms with Crippen LogP contribution in [-0.2, 0) is 11.3 Å². The van der Waals surface area contributed by atoms with Gasteiger partial charge in [-0.25, -0.2) is 0 Å². The summed E-state index contributed by atoms with van der Waals surface area (Å²) in [6.45, 7) is 4.42. The zero-order valence-corrected chi connectivity index (χ0v) is 11.9. The first kappa shape index (κ1) is 12.4. The summed E-state index contributed by atoms with van der Waals surface area (Å²) in [5.74, 6) is 1.91. The van der Waals surface area contributed by atoms with Crippen LogP contribution >= 0.6 is 0 Å². The molecule has 3 nitrogen and oxygen atoms in total. The lowest BCUT2D eigenvalue weighted by Gasteiger charge is -2.30. The van der Waals surface area contributed by atoms with Crippen LogP contribution in [-0.4, -0.2) is 41.4 Å². The van der Waals surface area contributed by atoms with Gasteiger partial charge in [0.1, 0.15) is 0 Å². The van der Waals surface area contributed by atoms with Crippen molar-refractivity contribution in [2.24, 2.45) is 11.8 Å². The van der Waals surface area contributed by atoms with E-state index in [0.717, 1.165) is 37.8 Å². The standard InChI is InChI=1S/C17H22N2O/c20-16-8-4-5-9-19(16)17-14-11-18(12-15(14)17)10-13-6-2-1-3-7-13/h1-3,6-7,14-15,17H,4-5,8-12H2. The summed E-state index contributed by atoms with van der Waals surface area (Å²) in [6.07, 6.45) is 3.08. The molecule has 1 amide bonds. The molecule has 1 aliphatic carbocycles. The van der Waals surface area contributed by atoms with Crippen LogP contribution < -0.4 is 0 Å². The van der Waals surface area contributed by atoms with E-state index in [1.165, 1.54) is 25.1 Å². The molecule has 0 aromatic heterocycles. The van der Waals surface area contributed by atoms with Gasteiger partial charge in [0, 0.05) is 38.6 Å². The highest BCUT2D eigenvalue weighted by Crippen LogP contribution is 2.49. The van der Waals surface area contributed by atoms with Crippen molar-refractivity contribution in [3.63, 3.8) is 0 Å². The number of likely N-dealkylation sites (tertiary alicyclic amines) is 2. The highest BCUT2D eigenvalue weighted by Gasteiger charge is 2.59. The molecule has 0 bridgehead atoms. The first-order chi connectivity index (χ1) is 9.83. The fraction of sp³-hybridized carbons (Fsp3) is 0.588. The largest absolute Gasteiger partial charge is 0.339 e. The summed E-state index contributed by atoms with van der Waals surface area (Å²) >= 11 is 0. The number of fused-ring (bicyclic) bond motifs is 1. The Morgan fingerprint density at radius 2 is 1.80 bits per heavy atom. The van der Waals surface area contributed by atoms with Gasteiger partial charge < -0.3 is 4.90 Å². The highest BCUT2D eigenvalue weighted by atomic mass is 16.2. The van der Waals surface area contributed by atoms with Crippen molar-refractivity contribution < 1.29 is 4.79 Å². The second kappa shape index (κ2) is 4.88. The molecule has 3 aliphatic rings. The number of carbonyl (C=O) groups is 1. The minimum Gasteiger partial charge on any atom is -0.339 e. The van der Waals surface area contributed by atoms with E-state index in [2.05, 4.69) is 40.1 Å². The van der Waals surface area contributed by atoms with E-state index < -0.39 is 0 Å². The molecule has 1 aromatic rings. The Morgan fingerprint density at radius 3 is 2.50 bits per heavy atom. The summed E-state index contributed by atoms with van der Waals surface area (Å²) in [5.41, 5.74) is 1.40. The molecule has 2 heterocycles. The predicted octanol–water partition coefficient (Wildman–Crippen LogP) is 2.13. The second-order valence-corrected chi connectivity index (χ2v) is 6.54. The number of hydrogen-bond donors (Lipinski definition) is 0. The van der Waals surface area contributed by atoms with Gasteiger partial charge in [-0.15, -0.1) is 0 Å².